The van der Waals surface area contributed by atoms with Gasteiger partial charge in [0, 0.05) is 44.7 Å². The Morgan fingerprint density at radius 1 is 0.579 bits per heavy atom. The van der Waals surface area contributed by atoms with Crippen molar-refractivity contribution < 1.29 is 28.8 Å². The molecule has 9 rings (SSSR count). The molecular formula is C51H50O6. The Morgan fingerprint density at radius 2 is 1.18 bits per heavy atom. The van der Waals surface area contributed by atoms with E-state index in [4.69, 9.17) is 23.7 Å². The minimum Gasteiger partial charge on any atom is -0.507 e. The maximum atomic E-state index is 12.2. The van der Waals surface area contributed by atoms with Gasteiger partial charge in [-0.25, -0.2) is 0 Å². The van der Waals surface area contributed by atoms with Crippen molar-refractivity contribution in [1.82, 2.24) is 0 Å². The minimum atomic E-state index is -1.01. The zero-order valence-corrected chi connectivity index (χ0v) is 34.1. The molecule has 0 bridgehead atoms. The van der Waals surface area contributed by atoms with E-state index in [1.54, 1.807) is 28.4 Å². The van der Waals surface area contributed by atoms with E-state index in [9.17, 15) is 5.11 Å². The first kappa shape index (κ1) is 36.7. The van der Waals surface area contributed by atoms with Gasteiger partial charge in [-0.3, -0.25) is 0 Å². The van der Waals surface area contributed by atoms with E-state index < -0.39 is 5.60 Å². The van der Waals surface area contributed by atoms with Crippen molar-refractivity contribution in [1.29, 1.82) is 0 Å². The second-order valence-corrected chi connectivity index (χ2v) is 17.6. The molecule has 1 fully saturated rings. The molecule has 1 aliphatic heterocycles. The molecule has 0 atom stereocenters. The summed E-state index contributed by atoms with van der Waals surface area (Å²) in [7, 11) is 6.64. The van der Waals surface area contributed by atoms with Crippen molar-refractivity contribution in [3.05, 3.63) is 137 Å². The Kier molecular flexibility index (Phi) is 8.44. The number of benzene rings is 6. The number of phenols is 1. The molecule has 6 aromatic carbocycles. The van der Waals surface area contributed by atoms with Crippen LogP contribution in [0.2, 0.25) is 0 Å². The number of ether oxygens (including phenoxy) is 5. The highest BCUT2D eigenvalue weighted by Crippen LogP contribution is 2.67. The van der Waals surface area contributed by atoms with E-state index in [1.165, 1.54) is 22.3 Å². The van der Waals surface area contributed by atoms with Gasteiger partial charge in [0.1, 0.15) is 34.5 Å². The highest BCUT2D eigenvalue weighted by atomic mass is 16.5. The van der Waals surface area contributed by atoms with Crippen molar-refractivity contribution in [3.63, 3.8) is 0 Å². The summed E-state index contributed by atoms with van der Waals surface area (Å²) >= 11 is 0. The summed E-state index contributed by atoms with van der Waals surface area (Å²) < 4.78 is 30.4. The number of fused-ring (bicyclic) bond motifs is 10. The molecule has 6 nitrogen and oxygen atoms in total. The maximum absolute atomic E-state index is 12.2. The SMILES string of the molecule is COc1ccc(C2(c3ccc(OC)cc3)C=Cc3c4c(c5cc(O)c(-c6ccc(OC)cc6OC)cc5c3O2)-c2ccccc2C42CC(C)(C)CC(C)(C)C2)cc1. The van der Waals surface area contributed by atoms with Crippen molar-refractivity contribution in [3.8, 4) is 56.8 Å². The average molecular weight is 759 g/mol. The zero-order chi connectivity index (χ0) is 39.9. The van der Waals surface area contributed by atoms with Gasteiger partial charge in [0.05, 0.1) is 28.4 Å². The zero-order valence-electron chi connectivity index (χ0n) is 34.1. The first-order valence-electron chi connectivity index (χ1n) is 19.7. The Balaban J connectivity index is 1.40. The smallest absolute Gasteiger partial charge is 0.178 e. The van der Waals surface area contributed by atoms with Crippen LogP contribution in [0.25, 0.3) is 39.1 Å². The minimum absolute atomic E-state index is 0.0738. The molecule has 6 heteroatoms. The fraction of sp³-hybridized carbons (Fsp3) is 0.294. The number of methoxy groups -OCH3 is 4. The standard InChI is InChI=1S/C51H50O6/c1-48(2)28-49(3,4)30-50(29-48)42-12-10-9-11-37(42)45-40-27-43(52)39(36-22-21-35(55-7)25-44(36)56-8)26-41(40)47-38(46(45)50)23-24-51(57-47,31-13-17-33(53-5)18-14-31)32-15-19-34(54-6)20-16-32/h9-27,52H,28-30H2,1-8H3. The van der Waals surface area contributed by atoms with Crippen LogP contribution in [0, 0.1) is 10.8 Å². The van der Waals surface area contributed by atoms with Gasteiger partial charge in [-0.2, -0.15) is 0 Å². The van der Waals surface area contributed by atoms with Gasteiger partial charge in [0.15, 0.2) is 5.60 Å². The topological polar surface area (TPSA) is 66.4 Å². The number of aromatic hydroxyl groups is 1. The molecule has 57 heavy (non-hydrogen) atoms. The van der Waals surface area contributed by atoms with E-state index in [-0.39, 0.29) is 22.0 Å². The second-order valence-electron chi connectivity index (χ2n) is 17.6. The fourth-order valence-corrected chi connectivity index (χ4v) is 11.1. The molecule has 290 valence electrons. The normalized spacial score (nSPS) is 17.6. The Labute approximate surface area is 335 Å². The van der Waals surface area contributed by atoms with Gasteiger partial charge >= 0.3 is 0 Å². The largest absolute Gasteiger partial charge is 0.507 e. The van der Waals surface area contributed by atoms with Crippen LogP contribution in [0.5, 0.6) is 34.5 Å². The Hall–Kier alpha value is -5.88. The van der Waals surface area contributed by atoms with Gasteiger partial charge < -0.3 is 28.8 Å². The van der Waals surface area contributed by atoms with Gasteiger partial charge in [0.25, 0.3) is 0 Å². The molecule has 1 spiro atoms. The first-order chi connectivity index (χ1) is 27.4. The molecule has 1 heterocycles. The molecule has 0 aromatic heterocycles. The number of hydrogen-bond donors (Lipinski definition) is 1. The van der Waals surface area contributed by atoms with Crippen LogP contribution in [-0.2, 0) is 11.0 Å². The summed E-state index contributed by atoms with van der Waals surface area (Å²) in [6.45, 7) is 9.70. The van der Waals surface area contributed by atoms with Crippen LogP contribution in [0.1, 0.15) is 74.8 Å². The quantitative estimate of drug-likeness (QED) is 0.175. The molecule has 0 saturated heterocycles. The Morgan fingerprint density at radius 3 is 1.77 bits per heavy atom. The van der Waals surface area contributed by atoms with Gasteiger partial charge in [-0.05, 0) is 112 Å². The second kappa shape index (κ2) is 13.1. The average Bonchev–Trinajstić information content (AvgIpc) is 3.47. The van der Waals surface area contributed by atoms with Crippen LogP contribution in [0.15, 0.2) is 109 Å². The molecule has 3 aliphatic rings. The van der Waals surface area contributed by atoms with Crippen LogP contribution >= 0.6 is 0 Å². The summed E-state index contributed by atoms with van der Waals surface area (Å²) in [5.41, 5.74) is 8.28. The highest BCUT2D eigenvalue weighted by Gasteiger charge is 2.55. The molecule has 1 saturated carbocycles. The molecule has 6 aromatic rings. The summed E-state index contributed by atoms with van der Waals surface area (Å²) in [4.78, 5) is 0. The van der Waals surface area contributed by atoms with E-state index in [1.807, 2.05) is 48.5 Å². The third kappa shape index (κ3) is 5.67. The summed E-state index contributed by atoms with van der Waals surface area (Å²) in [5, 5.41) is 14.0. The molecule has 0 radical (unpaired) electrons. The Bertz CT molecular complexity index is 2510. The number of rotatable bonds is 7. The number of hydrogen-bond acceptors (Lipinski definition) is 6. The third-order valence-electron chi connectivity index (χ3n) is 12.6. The van der Waals surface area contributed by atoms with Crippen molar-refractivity contribution in [2.45, 2.75) is 58.0 Å². The van der Waals surface area contributed by atoms with Crippen LogP contribution in [-0.4, -0.2) is 33.5 Å². The van der Waals surface area contributed by atoms with Gasteiger partial charge in [-0.15, -0.1) is 0 Å². The number of phenolic OH excluding ortho intramolecular Hbond substituents is 1. The van der Waals surface area contributed by atoms with E-state index in [2.05, 4.69) is 94.4 Å². The molecule has 2 aliphatic carbocycles. The van der Waals surface area contributed by atoms with Gasteiger partial charge in [-0.1, -0.05) is 82.3 Å². The third-order valence-corrected chi connectivity index (χ3v) is 12.6. The van der Waals surface area contributed by atoms with Crippen molar-refractivity contribution >= 4 is 16.8 Å². The summed E-state index contributed by atoms with van der Waals surface area (Å²) in [5.74, 6) is 3.75. The van der Waals surface area contributed by atoms with Gasteiger partial charge in [0.2, 0.25) is 0 Å². The van der Waals surface area contributed by atoms with E-state index in [0.717, 1.165) is 69.5 Å². The maximum Gasteiger partial charge on any atom is 0.178 e. The van der Waals surface area contributed by atoms with Crippen LogP contribution < -0.4 is 23.7 Å². The monoisotopic (exact) mass is 758 g/mol. The predicted octanol–water partition coefficient (Wildman–Crippen LogP) is 12.1. The highest BCUT2D eigenvalue weighted by molar-refractivity contribution is 6.10. The molecule has 0 amide bonds. The molecular weight excluding hydrogens is 709 g/mol. The lowest BCUT2D eigenvalue weighted by molar-refractivity contribution is 0.0642. The fourth-order valence-electron chi connectivity index (χ4n) is 11.1. The summed E-state index contributed by atoms with van der Waals surface area (Å²) in [6, 6.07) is 34.9. The van der Waals surface area contributed by atoms with Crippen molar-refractivity contribution in [2.75, 3.05) is 28.4 Å². The lowest BCUT2D eigenvalue weighted by Crippen LogP contribution is -2.44. The summed E-state index contributed by atoms with van der Waals surface area (Å²) in [6.07, 6.45) is 7.67. The lowest BCUT2D eigenvalue weighted by atomic mass is 9.52. The van der Waals surface area contributed by atoms with E-state index in [0.29, 0.717) is 17.1 Å². The molecule has 0 unspecified atom stereocenters. The molecule has 1 N–H and O–H groups in total. The van der Waals surface area contributed by atoms with Crippen molar-refractivity contribution in [2.24, 2.45) is 10.8 Å². The first-order valence-corrected chi connectivity index (χ1v) is 19.7. The van der Waals surface area contributed by atoms with Crippen LogP contribution in [0.3, 0.4) is 0 Å². The van der Waals surface area contributed by atoms with E-state index >= 15 is 0 Å². The lowest BCUT2D eigenvalue weighted by Gasteiger charge is -2.52. The van der Waals surface area contributed by atoms with Crippen LogP contribution in [0.4, 0.5) is 0 Å². The predicted molar refractivity (Wildman–Crippen MR) is 228 cm³/mol.